The third-order valence-electron chi connectivity index (χ3n) is 5.41. The third-order valence-corrected chi connectivity index (χ3v) is 5.71. The average molecular weight is 429 g/mol. The number of methoxy groups -OCH3 is 1. The molecular formula is C22H21ClN2O5. The zero-order valence-electron chi connectivity index (χ0n) is 16.4. The van der Waals surface area contributed by atoms with Crippen molar-refractivity contribution in [3.63, 3.8) is 0 Å². The molecule has 7 nitrogen and oxygen atoms in total. The summed E-state index contributed by atoms with van der Waals surface area (Å²) in [7, 11) is 1.49. The number of hydrogen-bond donors (Lipinski definition) is 1. The quantitative estimate of drug-likeness (QED) is 0.446. The lowest BCUT2D eigenvalue weighted by atomic mass is 9.96. The Kier molecular flexibility index (Phi) is 5.74. The Hall–Kier alpha value is -2.90. The van der Waals surface area contributed by atoms with Gasteiger partial charge in [-0.15, -0.1) is 0 Å². The maximum Gasteiger partial charge on any atom is 0.295 e. The van der Waals surface area contributed by atoms with Gasteiger partial charge in [0.25, 0.3) is 11.7 Å². The molecule has 2 unspecified atom stereocenters. The van der Waals surface area contributed by atoms with Crippen molar-refractivity contribution in [3.05, 3.63) is 64.4 Å². The van der Waals surface area contributed by atoms with Crippen LogP contribution in [0.1, 0.15) is 30.0 Å². The Bertz CT molecular complexity index is 1000. The Labute approximate surface area is 178 Å². The Morgan fingerprint density at radius 3 is 2.70 bits per heavy atom. The summed E-state index contributed by atoms with van der Waals surface area (Å²) in [6, 6.07) is 7.42. The van der Waals surface area contributed by atoms with Crippen LogP contribution in [0.3, 0.4) is 0 Å². The summed E-state index contributed by atoms with van der Waals surface area (Å²) in [4.78, 5) is 31.4. The molecule has 0 spiro atoms. The van der Waals surface area contributed by atoms with Crippen molar-refractivity contribution in [3.8, 4) is 5.75 Å². The van der Waals surface area contributed by atoms with E-state index in [9.17, 15) is 14.7 Å². The number of nitrogens with zero attached hydrogens (tertiary/aromatic N) is 2. The number of aliphatic hydroxyl groups is 1. The fourth-order valence-corrected chi connectivity index (χ4v) is 4.20. The van der Waals surface area contributed by atoms with Crippen molar-refractivity contribution in [2.75, 3.05) is 20.3 Å². The predicted octanol–water partition coefficient (Wildman–Crippen LogP) is 3.34. The van der Waals surface area contributed by atoms with Gasteiger partial charge in [0.15, 0.2) is 0 Å². The Balaban J connectivity index is 1.81. The Morgan fingerprint density at radius 1 is 1.30 bits per heavy atom. The second kappa shape index (κ2) is 8.45. The van der Waals surface area contributed by atoms with E-state index in [1.165, 1.54) is 18.1 Å². The number of ketones is 1. The van der Waals surface area contributed by atoms with Gasteiger partial charge in [0.2, 0.25) is 0 Å². The lowest BCUT2D eigenvalue weighted by molar-refractivity contribution is -0.140. The van der Waals surface area contributed by atoms with Crippen LogP contribution in [-0.4, -0.2) is 53.0 Å². The molecule has 0 saturated carbocycles. The van der Waals surface area contributed by atoms with Crippen LogP contribution < -0.4 is 4.74 Å². The number of pyridine rings is 1. The highest BCUT2D eigenvalue weighted by atomic mass is 35.5. The number of likely N-dealkylation sites (tertiary alicyclic amines) is 1. The van der Waals surface area contributed by atoms with Crippen LogP contribution in [0.2, 0.25) is 5.02 Å². The molecule has 1 aromatic heterocycles. The lowest BCUT2D eigenvalue weighted by Crippen LogP contribution is -2.36. The van der Waals surface area contributed by atoms with Crippen molar-refractivity contribution >= 4 is 29.1 Å². The van der Waals surface area contributed by atoms with Gasteiger partial charge in [-0.25, -0.2) is 0 Å². The van der Waals surface area contributed by atoms with E-state index in [4.69, 9.17) is 21.1 Å². The minimum atomic E-state index is -0.738. The van der Waals surface area contributed by atoms with Crippen molar-refractivity contribution < 1.29 is 24.2 Å². The second-order valence-corrected chi connectivity index (χ2v) is 7.62. The normalized spacial score (nSPS) is 23.2. The number of carbonyl (C=O) groups is 2. The predicted molar refractivity (Wildman–Crippen MR) is 110 cm³/mol. The molecule has 8 heteroatoms. The van der Waals surface area contributed by atoms with Crippen molar-refractivity contribution in [1.29, 1.82) is 0 Å². The van der Waals surface area contributed by atoms with Crippen LogP contribution in [0.25, 0.3) is 5.76 Å². The molecule has 2 aromatic rings. The minimum Gasteiger partial charge on any atom is -0.507 e. The lowest BCUT2D eigenvalue weighted by Gasteiger charge is -2.27. The molecule has 2 atom stereocenters. The smallest absolute Gasteiger partial charge is 0.295 e. The van der Waals surface area contributed by atoms with E-state index in [0.717, 1.165) is 12.8 Å². The fraction of sp³-hybridized carbons (Fsp3) is 0.318. The number of hydrogen-bond acceptors (Lipinski definition) is 6. The van der Waals surface area contributed by atoms with E-state index in [0.29, 0.717) is 23.5 Å². The van der Waals surface area contributed by atoms with Crippen LogP contribution >= 0.6 is 11.6 Å². The molecule has 156 valence electrons. The van der Waals surface area contributed by atoms with Gasteiger partial charge in [-0.3, -0.25) is 14.6 Å². The Morgan fingerprint density at radius 2 is 2.07 bits per heavy atom. The van der Waals surface area contributed by atoms with Gasteiger partial charge in [-0.2, -0.15) is 0 Å². The van der Waals surface area contributed by atoms with E-state index in [1.807, 2.05) is 0 Å². The van der Waals surface area contributed by atoms with Crippen LogP contribution in [0, 0.1) is 0 Å². The number of benzene rings is 1. The summed E-state index contributed by atoms with van der Waals surface area (Å²) in [5, 5.41) is 11.3. The summed E-state index contributed by atoms with van der Waals surface area (Å²) >= 11 is 6.19. The number of rotatable bonds is 5. The molecule has 1 aromatic carbocycles. The fourth-order valence-electron chi connectivity index (χ4n) is 3.94. The van der Waals surface area contributed by atoms with Crippen molar-refractivity contribution in [2.24, 2.45) is 0 Å². The third kappa shape index (κ3) is 3.66. The SMILES string of the molecule is COc1ccc(/C(O)=C2/C(=O)C(=O)N(CC3CCCO3)C2c2ccncc2)cc1Cl. The number of Topliss-reactive ketones (excluding diaryl/α,β-unsaturated/α-hetero) is 1. The first kappa shape index (κ1) is 20.4. The maximum atomic E-state index is 13.0. The van der Waals surface area contributed by atoms with E-state index < -0.39 is 17.7 Å². The topological polar surface area (TPSA) is 89.0 Å². The molecule has 4 rings (SSSR count). The van der Waals surface area contributed by atoms with Gasteiger partial charge in [-0.1, -0.05) is 11.6 Å². The van der Waals surface area contributed by atoms with Crippen LogP contribution in [0.5, 0.6) is 5.75 Å². The first-order chi connectivity index (χ1) is 14.5. The van der Waals surface area contributed by atoms with Crippen LogP contribution in [0.15, 0.2) is 48.3 Å². The largest absolute Gasteiger partial charge is 0.507 e. The summed E-state index contributed by atoms with van der Waals surface area (Å²) in [5.41, 5.74) is 1.03. The highest BCUT2D eigenvalue weighted by Gasteiger charge is 2.47. The molecule has 3 heterocycles. The molecule has 30 heavy (non-hydrogen) atoms. The number of halogens is 1. The molecule has 0 aliphatic carbocycles. The van der Waals surface area contributed by atoms with Gasteiger partial charge in [0, 0.05) is 31.1 Å². The van der Waals surface area contributed by atoms with E-state index in [1.54, 1.807) is 36.7 Å². The monoisotopic (exact) mass is 428 g/mol. The van der Waals surface area contributed by atoms with Crippen molar-refractivity contribution in [1.82, 2.24) is 9.88 Å². The first-order valence-electron chi connectivity index (χ1n) is 9.65. The highest BCUT2D eigenvalue weighted by molar-refractivity contribution is 6.46. The summed E-state index contributed by atoms with van der Waals surface area (Å²) in [6.07, 6.45) is 4.78. The molecule has 0 bridgehead atoms. The molecule has 2 fully saturated rings. The van der Waals surface area contributed by atoms with Gasteiger partial charge in [-0.05, 0) is 48.7 Å². The maximum absolute atomic E-state index is 13.0. The molecular weight excluding hydrogens is 408 g/mol. The molecule has 0 radical (unpaired) electrons. The average Bonchev–Trinajstić information content (AvgIpc) is 3.36. The van der Waals surface area contributed by atoms with Crippen LogP contribution in [-0.2, 0) is 14.3 Å². The minimum absolute atomic E-state index is 0.0189. The van der Waals surface area contributed by atoms with Gasteiger partial charge in [0.05, 0.1) is 29.9 Å². The van der Waals surface area contributed by atoms with Gasteiger partial charge >= 0.3 is 0 Å². The van der Waals surface area contributed by atoms with E-state index in [-0.39, 0.29) is 29.0 Å². The van der Waals surface area contributed by atoms with E-state index >= 15 is 0 Å². The van der Waals surface area contributed by atoms with Gasteiger partial charge < -0.3 is 19.5 Å². The van der Waals surface area contributed by atoms with Gasteiger partial charge in [0.1, 0.15) is 11.5 Å². The first-order valence-corrected chi connectivity index (χ1v) is 10.0. The molecule has 2 aliphatic heterocycles. The zero-order chi connectivity index (χ0) is 21.3. The highest BCUT2D eigenvalue weighted by Crippen LogP contribution is 2.40. The van der Waals surface area contributed by atoms with E-state index in [2.05, 4.69) is 4.98 Å². The van der Waals surface area contributed by atoms with Crippen LogP contribution in [0.4, 0.5) is 0 Å². The number of ether oxygens (including phenoxy) is 2. The molecule has 2 aliphatic rings. The van der Waals surface area contributed by atoms with Crippen molar-refractivity contribution in [2.45, 2.75) is 25.0 Å². The summed E-state index contributed by atoms with van der Waals surface area (Å²) in [5.74, 6) is -1.24. The zero-order valence-corrected chi connectivity index (χ0v) is 17.1. The second-order valence-electron chi connectivity index (χ2n) is 7.22. The molecule has 1 N–H and O–H groups in total. The number of carbonyl (C=O) groups excluding carboxylic acids is 2. The molecule has 2 saturated heterocycles. The molecule has 1 amide bonds. The number of aliphatic hydroxyl groups excluding tert-OH is 1. The number of amides is 1. The summed E-state index contributed by atoms with van der Waals surface area (Å²) < 4.78 is 10.8. The standard InChI is InChI=1S/C22H21ClN2O5/c1-29-17-5-4-14(11-16(17)23)20(26)18-19(13-6-8-24-9-7-13)25(22(28)21(18)27)12-15-3-2-10-30-15/h4-9,11,15,19,26H,2-3,10,12H2,1H3/b20-18-. The summed E-state index contributed by atoms with van der Waals surface area (Å²) in [6.45, 7) is 0.913. The number of aromatic nitrogens is 1.